The van der Waals surface area contributed by atoms with Crippen LogP contribution < -0.4 is 5.32 Å². The molecule has 0 saturated carbocycles. The Labute approximate surface area is 112 Å². The molecule has 0 atom stereocenters. The summed E-state index contributed by atoms with van der Waals surface area (Å²) < 4.78 is 0. The first-order valence-electron chi connectivity index (χ1n) is 6.55. The Balaban J connectivity index is 1.65. The zero-order chi connectivity index (χ0) is 13.0. The summed E-state index contributed by atoms with van der Waals surface area (Å²) in [6.45, 7) is 6.45. The van der Waals surface area contributed by atoms with Crippen LogP contribution in [0.4, 0.5) is 0 Å². The Morgan fingerprint density at radius 2 is 2.28 bits per heavy atom. The van der Waals surface area contributed by atoms with E-state index < -0.39 is 0 Å². The predicted molar refractivity (Wildman–Crippen MR) is 73.8 cm³/mol. The predicted octanol–water partition coefficient (Wildman–Crippen LogP) is 1.59. The zero-order valence-electron chi connectivity index (χ0n) is 11.1. The van der Waals surface area contributed by atoms with Gasteiger partial charge in [0.15, 0.2) is 0 Å². The molecular formula is C13H21N3OS. The van der Waals surface area contributed by atoms with Crippen molar-refractivity contribution in [3.63, 3.8) is 0 Å². The van der Waals surface area contributed by atoms with Crippen LogP contribution in [0.2, 0.25) is 0 Å². The van der Waals surface area contributed by atoms with E-state index in [-0.39, 0.29) is 5.91 Å². The van der Waals surface area contributed by atoms with Crippen molar-refractivity contribution < 1.29 is 4.79 Å². The number of nitrogens with one attached hydrogen (secondary N) is 1. The van der Waals surface area contributed by atoms with Crippen molar-refractivity contribution in [3.05, 3.63) is 16.1 Å². The summed E-state index contributed by atoms with van der Waals surface area (Å²) >= 11 is 1.74. The molecular weight excluding hydrogens is 246 g/mol. The molecule has 0 unspecified atom stereocenters. The number of likely N-dealkylation sites (tertiary alicyclic amines) is 1. The molecule has 5 heteroatoms. The minimum atomic E-state index is 0.201. The lowest BCUT2D eigenvalue weighted by Gasteiger charge is -2.31. The maximum Gasteiger partial charge on any atom is 0.219 e. The summed E-state index contributed by atoms with van der Waals surface area (Å²) in [5, 5.41) is 6.87. The third-order valence-corrected chi connectivity index (χ3v) is 4.41. The molecule has 0 radical (unpaired) electrons. The Morgan fingerprint density at radius 1 is 1.56 bits per heavy atom. The highest BCUT2D eigenvalue weighted by Crippen LogP contribution is 2.12. The molecule has 1 fully saturated rings. The topological polar surface area (TPSA) is 45.2 Å². The van der Waals surface area contributed by atoms with Crippen molar-refractivity contribution in [1.82, 2.24) is 15.2 Å². The van der Waals surface area contributed by atoms with E-state index in [1.807, 2.05) is 11.8 Å². The molecule has 1 saturated heterocycles. The Kier molecular flexibility index (Phi) is 4.72. The second-order valence-corrected chi connectivity index (χ2v) is 5.81. The molecule has 1 N–H and O–H groups in total. The van der Waals surface area contributed by atoms with E-state index in [9.17, 15) is 4.79 Å². The van der Waals surface area contributed by atoms with Gasteiger partial charge in [0.25, 0.3) is 0 Å². The van der Waals surface area contributed by atoms with Gasteiger partial charge in [0.1, 0.15) is 0 Å². The van der Waals surface area contributed by atoms with E-state index in [0.717, 1.165) is 44.6 Å². The molecule has 0 spiro atoms. The van der Waals surface area contributed by atoms with E-state index in [1.54, 1.807) is 18.3 Å². The molecule has 4 nitrogen and oxygen atoms in total. The quantitative estimate of drug-likeness (QED) is 0.901. The van der Waals surface area contributed by atoms with Gasteiger partial charge in [0, 0.05) is 50.1 Å². The molecule has 2 heterocycles. The van der Waals surface area contributed by atoms with Gasteiger partial charge in [0.05, 0.1) is 5.01 Å². The fourth-order valence-corrected chi connectivity index (χ4v) is 3.08. The number of thiazole rings is 1. The van der Waals surface area contributed by atoms with E-state index in [4.69, 9.17) is 0 Å². The number of hydrogen-bond donors (Lipinski definition) is 1. The van der Waals surface area contributed by atoms with E-state index in [0.29, 0.717) is 6.04 Å². The van der Waals surface area contributed by atoms with Crippen LogP contribution in [0.15, 0.2) is 5.38 Å². The molecule has 0 aromatic carbocycles. The summed E-state index contributed by atoms with van der Waals surface area (Å²) in [5.41, 5.74) is 1.12. The number of rotatable bonds is 4. The van der Waals surface area contributed by atoms with Crippen LogP contribution >= 0.6 is 11.3 Å². The largest absolute Gasteiger partial charge is 0.343 e. The Hall–Kier alpha value is -0.940. The number of aromatic nitrogens is 1. The van der Waals surface area contributed by atoms with Gasteiger partial charge in [-0.25, -0.2) is 4.98 Å². The zero-order valence-corrected chi connectivity index (χ0v) is 11.9. The lowest BCUT2D eigenvalue weighted by molar-refractivity contribution is -0.129. The summed E-state index contributed by atoms with van der Waals surface area (Å²) in [6.07, 6.45) is 3.14. The number of piperidine rings is 1. The minimum Gasteiger partial charge on any atom is -0.343 e. The van der Waals surface area contributed by atoms with Gasteiger partial charge < -0.3 is 10.2 Å². The van der Waals surface area contributed by atoms with Crippen LogP contribution in [0.3, 0.4) is 0 Å². The molecule has 2 rings (SSSR count). The molecule has 18 heavy (non-hydrogen) atoms. The van der Waals surface area contributed by atoms with Gasteiger partial charge in [-0.2, -0.15) is 0 Å². The Morgan fingerprint density at radius 3 is 2.83 bits per heavy atom. The molecule has 1 aromatic rings. The monoisotopic (exact) mass is 267 g/mol. The van der Waals surface area contributed by atoms with Crippen LogP contribution in [-0.4, -0.2) is 41.5 Å². The van der Waals surface area contributed by atoms with Gasteiger partial charge in [-0.05, 0) is 19.8 Å². The van der Waals surface area contributed by atoms with Crippen LogP contribution in [0.5, 0.6) is 0 Å². The number of hydrogen-bond acceptors (Lipinski definition) is 4. The van der Waals surface area contributed by atoms with Crippen molar-refractivity contribution in [2.24, 2.45) is 0 Å². The summed E-state index contributed by atoms with van der Waals surface area (Å²) in [5.74, 6) is 0.201. The second-order valence-electron chi connectivity index (χ2n) is 4.87. The first kappa shape index (κ1) is 13.5. The van der Waals surface area contributed by atoms with Gasteiger partial charge in [-0.1, -0.05) is 0 Å². The van der Waals surface area contributed by atoms with E-state index in [2.05, 4.69) is 15.7 Å². The molecule has 1 aliphatic rings. The molecule has 100 valence electrons. The highest BCUT2D eigenvalue weighted by molar-refractivity contribution is 7.09. The molecule has 1 amide bonds. The smallest absolute Gasteiger partial charge is 0.219 e. The van der Waals surface area contributed by atoms with Crippen molar-refractivity contribution in [3.8, 4) is 0 Å². The van der Waals surface area contributed by atoms with E-state index >= 15 is 0 Å². The highest BCUT2D eigenvalue weighted by Gasteiger charge is 2.19. The van der Waals surface area contributed by atoms with E-state index in [1.165, 1.54) is 5.01 Å². The van der Waals surface area contributed by atoms with Crippen LogP contribution in [0.1, 0.15) is 30.5 Å². The Bertz CT molecular complexity index is 397. The van der Waals surface area contributed by atoms with Crippen LogP contribution in [-0.2, 0) is 11.2 Å². The van der Waals surface area contributed by atoms with Crippen LogP contribution in [0.25, 0.3) is 0 Å². The minimum absolute atomic E-state index is 0.201. The average molecular weight is 267 g/mol. The van der Waals surface area contributed by atoms with Gasteiger partial charge >= 0.3 is 0 Å². The fraction of sp³-hybridized carbons (Fsp3) is 0.692. The van der Waals surface area contributed by atoms with Crippen molar-refractivity contribution in [2.45, 2.75) is 39.2 Å². The number of amides is 1. The SMILES string of the molecule is CC(=O)N1CCC(NCCc2nc(C)cs2)CC1. The first-order chi connectivity index (χ1) is 8.65. The maximum atomic E-state index is 11.2. The standard InChI is InChI=1S/C13H21N3OS/c1-10-9-18-13(15-10)3-6-14-12-4-7-16(8-5-12)11(2)17/h9,12,14H,3-8H2,1-2H3. The lowest BCUT2D eigenvalue weighted by atomic mass is 10.1. The number of carbonyl (C=O) groups excluding carboxylic acids is 1. The number of aryl methyl sites for hydroxylation is 1. The first-order valence-corrected chi connectivity index (χ1v) is 7.43. The van der Waals surface area contributed by atoms with Gasteiger partial charge in [0.2, 0.25) is 5.91 Å². The van der Waals surface area contributed by atoms with Gasteiger partial charge in [-0.15, -0.1) is 11.3 Å². The third kappa shape index (κ3) is 3.78. The second kappa shape index (κ2) is 6.29. The summed E-state index contributed by atoms with van der Waals surface area (Å²) in [6, 6.07) is 0.557. The summed E-state index contributed by atoms with van der Waals surface area (Å²) in [7, 11) is 0. The number of carbonyl (C=O) groups is 1. The molecule has 0 aliphatic carbocycles. The summed E-state index contributed by atoms with van der Waals surface area (Å²) in [4.78, 5) is 17.6. The van der Waals surface area contributed by atoms with Crippen molar-refractivity contribution >= 4 is 17.2 Å². The normalized spacial score (nSPS) is 17.1. The van der Waals surface area contributed by atoms with Crippen molar-refractivity contribution in [1.29, 1.82) is 0 Å². The lowest BCUT2D eigenvalue weighted by Crippen LogP contribution is -2.44. The fourth-order valence-electron chi connectivity index (χ4n) is 2.30. The van der Waals surface area contributed by atoms with Crippen LogP contribution in [0, 0.1) is 6.92 Å². The van der Waals surface area contributed by atoms with Crippen molar-refractivity contribution in [2.75, 3.05) is 19.6 Å². The molecule has 1 aromatic heterocycles. The maximum absolute atomic E-state index is 11.2. The highest BCUT2D eigenvalue weighted by atomic mass is 32.1. The number of nitrogens with zero attached hydrogens (tertiary/aromatic N) is 2. The average Bonchev–Trinajstić information content (AvgIpc) is 2.76. The molecule has 1 aliphatic heterocycles. The van der Waals surface area contributed by atoms with Gasteiger partial charge in [-0.3, -0.25) is 4.79 Å². The third-order valence-electron chi connectivity index (χ3n) is 3.38. The molecule has 0 bridgehead atoms.